The smallest absolute Gasteiger partial charge is 0.226 e. The van der Waals surface area contributed by atoms with Crippen molar-refractivity contribution >= 4 is 44.2 Å². The van der Waals surface area contributed by atoms with Gasteiger partial charge in [0.25, 0.3) is 0 Å². The fourth-order valence-electron chi connectivity index (χ4n) is 4.18. The molecule has 0 unspecified atom stereocenters. The third-order valence-electron chi connectivity index (χ3n) is 6.02. The van der Waals surface area contributed by atoms with Gasteiger partial charge < -0.3 is 10.3 Å². The highest BCUT2D eigenvalue weighted by Gasteiger charge is 2.16. The van der Waals surface area contributed by atoms with Gasteiger partial charge in [0, 0.05) is 27.6 Å². The van der Waals surface area contributed by atoms with Crippen molar-refractivity contribution in [1.82, 2.24) is 15.0 Å². The number of aryl methyl sites for hydroxylation is 4. The molecule has 0 bridgehead atoms. The highest BCUT2D eigenvalue weighted by Crippen LogP contribution is 2.32. The summed E-state index contributed by atoms with van der Waals surface area (Å²) in [6.45, 7) is 6.09. The summed E-state index contributed by atoms with van der Waals surface area (Å²) in [6.07, 6.45) is 1.98. The second kappa shape index (κ2) is 8.79. The molecule has 5 aromatic rings. The van der Waals surface area contributed by atoms with Crippen molar-refractivity contribution in [2.24, 2.45) is 0 Å². The van der Waals surface area contributed by atoms with Crippen LogP contribution in [0.3, 0.4) is 0 Å². The number of para-hydroxylation sites is 1. The first-order valence-corrected chi connectivity index (χ1v) is 12.0. The summed E-state index contributed by atoms with van der Waals surface area (Å²) in [5, 5.41) is 5.95. The van der Waals surface area contributed by atoms with Crippen LogP contribution in [-0.4, -0.2) is 20.9 Å². The number of amides is 1. The lowest BCUT2D eigenvalue weighted by atomic mass is 10.0. The molecular formula is C27H26N4OS. The quantitative estimate of drug-likeness (QED) is 0.299. The maximum atomic E-state index is 12.5. The molecule has 3 heterocycles. The van der Waals surface area contributed by atoms with Crippen molar-refractivity contribution in [3.8, 4) is 11.4 Å². The third kappa shape index (κ3) is 4.39. The van der Waals surface area contributed by atoms with E-state index in [1.54, 1.807) is 0 Å². The van der Waals surface area contributed by atoms with Gasteiger partial charge in [-0.25, -0.2) is 9.97 Å². The number of hydrogen-bond donors (Lipinski definition) is 2. The van der Waals surface area contributed by atoms with E-state index in [2.05, 4.69) is 58.6 Å². The minimum atomic E-state index is 0.00477. The first-order chi connectivity index (χ1) is 16.0. The molecule has 0 aliphatic carbocycles. The number of anilines is 1. The molecular weight excluding hydrogens is 428 g/mol. The van der Waals surface area contributed by atoms with Gasteiger partial charge in [0.05, 0.1) is 22.6 Å². The first kappa shape index (κ1) is 21.3. The lowest BCUT2D eigenvalue weighted by Gasteiger charge is -2.07. The number of pyridine rings is 1. The van der Waals surface area contributed by atoms with Gasteiger partial charge in [-0.1, -0.05) is 35.9 Å². The Morgan fingerprint density at radius 3 is 2.70 bits per heavy atom. The van der Waals surface area contributed by atoms with Crippen molar-refractivity contribution in [3.05, 3.63) is 76.3 Å². The van der Waals surface area contributed by atoms with Crippen molar-refractivity contribution in [2.45, 2.75) is 40.0 Å². The Balaban J connectivity index is 1.41. The normalized spacial score (nSPS) is 11.4. The number of thiazole rings is 1. The van der Waals surface area contributed by atoms with E-state index in [-0.39, 0.29) is 5.91 Å². The molecule has 0 saturated carbocycles. The average Bonchev–Trinajstić information content (AvgIpc) is 3.32. The van der Waals surface area contributed by atoms with Gasteiger partial charge >= 0.3 is 0 Å². The Morgan fingerprint density at radius 2 is 1.88 bits per heavy atom. The molecule has 0 spiro atoms. The number of hydrogen-bond acceptors (Lipinski definition) is 4. The number of benzene rings is 2. The van der Waals surface area contributed by atoms with E-state index in [1.807, 2.05) is 32.0 Å². The SMILES string of the molecule is Cc1ccc2[nH]c(-c3ccc4ccccc4n3)c(CCCC(=O)Nc3nc(C)c(C)s3)c2c1. The predicted octanol–water partition coefficient (Wildman–Crippen LogP) is 6.73. The molecule has 0 aliphatic rings. The summed E-state index contributed by atoms with van der Waals surface area (Å²) in [7, 11) is 0. The van der Waals surface area contributed by atoms with Crippen molar-refractivity contribution in [1.29, 1.82) is 0 Å². The maximum Gasteiger partial charge on any atom is 0.226 e. The fraction of sp³-hybridized carbons (Fsp3) is 0.222. The summed E-state index contributed by atoms with van der Waals surface area (Å²) >= 11 is 1.52. The molecule has 3 aromatic heterocycles. The molecule has 2 aromatic carbocycles. The molecule has 0 atom stereocenters. The van der Waals surface area contributed by atoms with Crippen LogP contribution < -0.4 is 5.32 Å². The molecule has 0 saturated heterocycles. The zero-order valence-electron chi connectivity index (χ0n) is 19.0. The largest absolute Gasteiger partial charge is 0.353 e. The number of nitrogens with one attached hydrogen (secondary N) is 2. The van der Waals surface area contributed by atoms with Gasteiger partial charge in [-0.05, 0) is 63.4 Å². The van der Waals surface area contributed by atoms with Gasteiger partial charge in [0.15, 0.2) is 5.13 Å². The Hall–Kier alpha value is -3.51. The minimum absolute atomic E-state index is 0.00477. The molecule has 2 N–H and O–H groups in total. The van der Waals surface area contributed by atoms with Crippen LogP contribution >= 0.6 is 11.3 Å². The van der Waals surface area contributed by atoms with Crippen LogP contribution in [0.15, 0.2) is 54.6 Å². The van der Waals surface area contributed by atoms with Crippen LogP contribution in [0.4, 0.5) is 5.13 Å². The Morgan fingerprint density at radius 1 is 1.03 bits per heavy atom. The number of rotatable bonds is 6. The van der Waals surface area contributed by atoms with Crippen molar-refractivity contribution in [3.63, 3.8) is 0 Å². The minimum Gasteiger partial charge on any atom is -0.353 e. The topological polar surface area (TPSA) is 70.7 Å². The van der Waals surface area contributed by atoms with E-state index in [0.29, 0.717) is 11.6 Å². The molecule has 33 heavy (non-hydrogen) atoms. The first-order valence-electron chi connectivity index (χ1n) is 11.2. The highest BCUT2D eigenvalue weighted by molar-refractivity contribution is 7.15. The van der Waals surface area contributed by atoms with Crippen LogP contribution in [0.2, 0.25) is 0 Å². The van der Waals surface area contributed by atoms with Crippen molar-refractivity contribution < 1.29 is 4.79 Å². The zero-order chi connectivity index (χ0) is 22.9. The summed E-state index contributed by atoms with van der Waals surface area (Å²) in [5.74, 6) is 0.00477. The Labute approximate surface area is 196 Å². The number of carbonyl (C=O) groups excluding carboxylic acids is 1. The monoisotopic (exact) mass is 454 g/mol. The fourth-order valence-corrected chi connectivity index (χ4v) is 5.01. The van der Waals surface area contributed by atoms with Crippen LogP contribution in [0.1, 0.15) is 34.5 Å². The van der Waals surface area contributed by atoms with E-state index < -0.39 is 0 Å². The van der Waals surface area contributed by atoms with E-state index >= 15 is 0 Å². The van der Waals surface area contributed by atoms with Crippen LogP contribution in [0.5, 0.6) is 0 Å². The van der Waals surface area contributed by atoms with E-state index in [0.717, 1.165) is 51.2 Å². The standard InChI is InChI=1S/C27H26N4OS/c1-16-11-13-23-21(15-16)20(8-6-10-25(32)31-27-28-17(2)18(3)33-27)26(30-23)24-14-12-19-7-4-5-9-22(19)29-24/h4-5,7,9,11-15,30H,6,8,10H2,1-3H3,(H,28,31,32). The van der Waals surface area contributed by atoms with E-state index in [9.17, 15) is 4.79 Å². The highest BCUT2D eigenvalue weighted by atomic mass is 32.1. The summed E-state index contributed by atoms with van der Waals surface area (Å²) in [4.78, 5) is 26.6. The zero-order valence-corrected chi connectivity index (χ0v) is 19.8. The number of aromatic nitrogens is 3. The van der Waals surface area contributed by atoms with Gasteiger partial charge in [-0.2, -0.15) is 0 Å². The number of nitrogens with zero attached hydrogens (tertiary/aromatic N) is 2. The molecule has 5 rings (SSSR count). The Bertz CT molecular complexity index is 1460. The van der Waals surface area contributed by atoms with Crippen LogP contribution in [0, 0.1) is 20.8 Å². The number of aromatic amines is 1. The van der Waals surface area contributed by atoms with E-state index in [4.69, 9.17) is 4.98 Å². The molecule has 0 aliphatic heterocycles. The molecule has 6 heteroatoms. The van der Waals surface area contributed by atoms with Gasteiger partial charge in [-0.3, -0.25) is 4.79 Å². The molecule has 5 nitrogen and oxygen atoms in total. The second-order valence-electron chi connectivity index (χ2n) is 8.48. The van der Waals surface area contributed by atoms with Crippen LogP contribution in [-0.2, 0) is 11.2 Å². The molecule has 0 radical (unpaired) electrons. The van der Waals surface area contributed by atoms with E-state index in [1.165, 1.54) is 27.8 Å². The predicted molar refractivity (Wildman–Crippen MR) is 137 cm³/mol. The Kier molecular flexibility index (Phi) is 5.68. The van der Waals surface area contributed by atoms with Gasteiger partial charge in [0.2, 0.25) is 5.91 Å². The lowest BCUT2D eigenvalue weighted by Crippen LogP contribution is -2.11. The number of carbonyl (C=O) groups is 1. The molecule has 166 valence electrons. The van der Waals surface area contributed by atoms with Gasteiger partial charge in [-0.15, -0.1) is 11.3 Å². The summed E-state index contributed by atoms with van der Waals surface area (Å²) in [6, 6.07) is 18.8. The molecule has 1 amide bonds. The summed E-state index contributed by atoms with van der Waals surface area (Å²) < 4.78 is 0. The average molecular weight is 455 g/mol. The number of fused-ring (bicyclic) bond motifs is 2. The third-order valence-corrected chi connectivity index (χ3v) is 7.01. The van der Waals surface area contributed by atoms with Gasteiger partial charge in [0.1, 0.15) is 0 Å². The lowest BCUT2D eigenvalue weighted by molar-refractivity contribution is -0.116. The van der Waals surface area contributed by atoms with Crippen molar-refractivity contribution in [2.75, 3.05) is 5.32 Å². The molecule has 0 fully saturated rings. The second-order valence-corrected chi connectivity index (χ2v) is 9.68. The number of H-pyrrole nitrogens is 1. The summed E-state index contributed by atoms with van der Waals surface area (Å²) in [5.41, 5.74) is 7.43. The maximum absolute atomic E-state index is 12.5. The van der Waals surface area contributed by atoms with Crippen LogP contribution in [0.25, 0.3) is 33.2 Å².